The van der Waals surface area contributed by atoms with E-state index in [-0.39, 0.29) is 5.96 Å². The van der Waals surface area contributed by atoms with Crippen LogP contribution in [0, 0.1) is 0 Å². The molecule has 1 aromatic heterocycles. The molecule has 0 spiro atoms. The number of hydrogen-bond acceptors (Lipinski definition) is 3. The van der Waals surface area contributed by atoms with Crippen molar-refractivity contribution in [3.63, 3.8) is 0 Å². The number of aliphatic imine (C=N–C) groups is 1. The molecule has 0 bridgehead atoms. The lowest BCUT2D eigenvalue weighted by Gasteiger charge is -2.08. The first-order valence-corrected chi connectivity index (χ1v) is 8.12. The molecule has 0 aliphatic heterocycles. The monoisotopic (exact) mass is 337 g/mol. The van der Waals surface area contributed by atoms with E-state index >= 15 is 0 Å². The summed E-state index contributed by atoms with van der Waals surface area (Å²) >= 11 is 7.71. The van der Waals surface area contributed by atoms with Crippen LogP contribution in [-0.2, 0) is 13.6 Å². The quantitative estimate of drug-likeness (QED) is 0.648. The van der Waals surface area contributed by atoms with Crippen molar-refractivity contribution in [3.05, 3.63) is 40.8 Å². The third-order valence-corrected chi connectivity index (χ3v) is 4.52. The summed E-state index contributed by atoms with van der Waals surface area (Å²) in [6.07, 6.45) is 0. The molecule has 2 aromatic rings. The van der Waals surface area contributed by atoms with Crippen molar-refractivity contribution in [1.82, 2.24) is 9.55 Å². The molecular weight excluding hydrogens is 318 g/mol. The van der Waals surface area contributed by atoms with Crippen molar-refractivity contribution >= 4 is 29.3 Å². The Labute approximate surface area is 139 Å². The minimum Gasteiger partial charge on any atom is -0.370 e. The summed E-state index contributed by atoms with van der Waals surface area (Å²) in [5, 5.41) is 1.80. The van der Waals surface area contributed by atoms with Crippen LogP contribution in [0.15, 0.2) is 39.2 Å². The van der Waals surface area contributed by atoms with Gasteiger partial charge in [-0.2, -0.15) is 0 Å². The molecule has 0 saturated heterocycles. The third-order valence-electron chi connectivity index (χ3n) is 3.12. The summed E-state index contributed by atoms with van der Waals surface area (Å²) in [4.78, 5) is 9.81. The first-order chi connectivity index (χ1) is 10.4. The van der Waals surface area contributed by atoms with Crippen molar-refractivity contribution in [1.29, 1.82) is 0 Å². The number of benzene rings is 1. The number of nitrogens with zero attached hydrogens (tertiary/aromatic N) is 3. The second-order valence-electron chi connectivity index (χ2n) is 5.23. The fraction of sp³-hybridized carbons (Fsp3) is 0.333. The number of imidazole rings is 1. The van der Waals surface area contributed by atoms with Gasteiger partial charge in [0.2, 0.25) is 0 Å². The van der Waals surface area contributed by atoms with Gasteiger partial charge in [-0.25, -0.2) is 9.98 Å². The maximum atomic E-state index is 6.06. The van der Waals surface area contributed by atoms with Gasteiger partial charge in [-0.15, -0.1) is 0 Å². The maximum Gasteiger partial charge on any atom is 0.186 e. The summed E-state index contributed by atoms with van der Waals surface area (Å²) < 4.78 is 2.04. The van der Waals surface area contributed by atoms with Gasteiger partial charge in [0.05, 0.1) is 5.69 Å². The highest BCUT2D eigenvalue weighted by atomic mass is 35.5. The van der Waals surface area contributed by atoms with E-state index in [4.69, 9.17) is 28.1 Å². The lowest BCUT2D eigenvalue weighted by molar-refractivity contribution is 0.732. The van der Waals surface area contributed by atoms with E-state index < -0.39 is 0 Å². The smallest absolute Gasteiger partial charge is 0.186 e. The maximum absolute atomic E-state index is 6.06. The van der Waals surface area contributed by atoms with Crippen molar-refractivity contribution < 1.29 is 0 Å². The molecule has 0 unspecified atom stereocenters. The predicted octanol–water partition coefficient (Wildman–Crippen LogP) is 3.12. The summed E-state index contributed by atoms with van der Waals surface area (Å²) in [6.45, 7) is 4.61. The van der Waals surface area contributed by atoms with Crippen LogP contribution in [-0.4, -0.2) is 15.5 Å². The zero-order valence-corrected chi connectivity index (χ0v) is 14.4. The topological polar surface area (TPSA) is 82.2 Å². The zero-order valence-electron chi connectivity index (χ0n) is 12.9. The van der Waals surface area contributed by atoms with Crippen LogP contribution in [0.4, 0.5) is 0 Å². The van der Waals surface area contributed by atoms with E-state index in [0.29, 0.717) is 12.5 Å². The van der Waals surface area contributed by atoms with E-state index in [1.165, 1.54) is 0 Å². The van der Waals surface area contributed by atoms with E-state index in [1.54, 1.807) is 11.8 Å². The predicted molar refractivity (Wildman–Crippen MR) is 92.4 cm³/mol. The van der Waals surface area contributed by atoms with E-state index in [0.717, 1.165) is 26.5 Å². The molecule has 0 fully saturated rings. The van der Waals surface area contributed by atoms with Crippen molar-refractivity contribution in [2.45, 2.75) is 36.2 Å². The number of halogens is 1. The molecule has 22 heavy (non-hydrogen) atoms. The Kier molecular flexibility index (Phi) is 5.37. The van der Waals surface area contributed by atoms with Crippen LogP contribution >= 0.6 is 23.4 Å². The van der Waals surface area contributed by atoms with E-state index in [1.807, 2.05) is 35.9 Å². The fourth-order valence-electron chi connectivity index (χ4n) is 1.99. The summed E-state index contributed by atoms with van der Waals surface area (Å²) in [7, 11) is 1.98. The molecule has 1 aromatic carbocycles. The largest absolute Gasteiger partial charge is 0.370 e. The highest BCUT2D eigenvalue weighted by Gasteiger charge is 2.18. The van der Waals surface area contributed by atoms with Gasteiger partial charge in [0.15, 0.2) is 5.96 Å². The van der Waals surface area contributed by atoms with Gasteiger partial charge in [0.1, 0.15) is 17.4 Å². The van der Waals surface area contributed by atoms with Crippen LogP contribution < -0.4 is 11.5 Å². The number of aromatic nitrogens is 2. The van der Waals surface area contributed by atoms with Gasteiger partial charge < -0.3 is 16.0 Å². The first kappa shape index (κ1) is 16.7. The fourth-order valence-corrected chi connectivity index (χ4v) is 3.43. The van der Waals surface area contributed by atoms with Crippen LogP contribution in [0.25, 0.3) is 0 Å². The molecule has 2 rings (SSSR count). The Morgan fingerprint density at radius 1 is 1.41 bits per heavy atom. The van der Waals surface area contributed by atoms with Gasteiger partial charge >= 0.3 is 0 Å². The molecule has 7 heteroatoms. The Bertz CT molecular complexity index is 689. The second kappa shape index (κ2) is 7.07. The number of rotatable bonds is 5. The Hall–Kier alpha value is -1.66. The van der Waals surface area contributed by atoms with Gasteiger partial charge in [-0.1, -0.05) is 43.3 Å². The summed E-state index contributed by atoms with van der Waals surface area (Å²) in [5.74, 6) is 1.21. The number of nitrogens with two attached hydrogens (primary N) is 2. The van der Waals surface area contributed by atoms with Crippen LogP contribution in [0.5, 0.6) is 0 Å². The molecule has 0 saturated carbocycles. The SMILES string of the molecule is CC(C)c1nc(CN=C(N)N)n(C)c1Sc1cccc(Cl)c1. The molecule has 118 valence electrons. The third kappa shape index (κ3) is 3.96. The molecule has 5 nitrogen and oxygen atoms in total. The normalized spacial score (nSPS) is 11.0. The Morgan fingerprint density at radius 2 is 2.14 bits per heavy atom. The second-order valence-corrected chi connectivity index (χ2v) is 6.73. The molecule has 0 aliphatic rings. The zero-order chi connectivity index (χ0) is 16.3. The molecule has 0 amide bonds. The van der Waals surface area contributed by atoms with E-state index in [9.17, 15) is 0 Å². The minimum atomic E-state index is 0.0677. The van der Waals surface area contributed by atoms with Crippen LogP contribution in [0.2, 0.25) is 5.02 Å². The standard InChI is InChI=1S/C15H20ClN5S/c1-9(2)13-14(22-11-6-4-5-10(16)7-11)21(3)12(20-13)8-19-15(17)18/h4-7,9H,8H2,1-3H3,(H4,17,18,19). The van der Waals surface area contributed by atoms with Crippen molar-refractivity contribution in [2.75, 3.05) is 0 Å². The molecular formula is C15H20ClN5S. The van der Waals surface area contributed by atoms with Gasteiger partial charge in [0.25, 0.3) is 0 Å². The molecule has 1 heterocycles. The highest BCUT2D eigenvalue weighted by molar-refractivity contribution is 7.99. The average molecular weight is 338 g/mol. The summed E-state index contributed by atoms with van der Waals surface area (Å²) in [6, 6.07) is 7.78. The molecule has 0 atom stereocenters. The number of hydrogen-bond donors (Lipinski definition) is 2. The average Bonchev–Trinajstić information content (AvgIpc) is 2.74. The van der Waals surface area contributed by atoms with E-state index in [2.05, 4.69) is 18.8 Å². The molecule has 0 aliphatic carbocycles. The summed E-state index contributed by atoms with van der Waals surface area (Å²) in [5.41, 5.74) is 11.8. The molecule has 0 radical (unpaired) electrons. The van der Waals surface area contributed by atoms with Crippen LogP contribution in [0.1, 0.15) is 31.3 Å². The minimum absolute atomic E-state index is 0.0677. The van der Waals surface area contributed by atoms with Gasteiger partial charge in [-0.3, -0.25) is 0 Å². The van der Waals surface area contributed by atoms with Crippen molar-refractivity contribution in [3.8, 4) is 0 Å². The Morgan fingerprint density at radius 3 is 2.73 bits per heavy atom. The lowest BCUT2D eigenvalue weighted by Crippen LogP contribution is -2.22. The molecule has 4 N–H and O–H groups in total. The van der Waals surface area contributed by atoms with Gasteiger partial charge in [0, 0.05) is 17.0 Å². The van der Waals surface area contributed by atoms with Crippen LogP contribution in [0.3, 0.4) is 0 Å². The Balaban J connectivity index is 2.38. The lowest BCUT2D eigenvalue weighted by atomic mass is 10.2. The highest BCUT2D eigenvalue weighted by Crippen LogP contribution is 2.35. The van der Waals surface area contributed by atoms with Gasteiger partial charge in [-0.05, 0) is 24.1 Å². The first-order valence-electron chi connectivity index (χ1n) is 6.92. The van der Waals surface area contributed by atoms with Crippen molar-refractivity contribution in [2.24, 2.45) is 23.5 Å². The number of guanidine groups is 1.